The van der Waals surface area contributed by atoms with Gasteiger partial charge in [0.2, 0.25) is 0 Å². The first-order valence-electron chi connectivity index (χ1n) is 9.72. The minimum absolute atomic E-state index is 0.174. The lowest BCUT2D eigenvalue weighted by Crippen LogP contribution is -2.45. The third-order valence-electron chi connectivity index (χ3n) is 5.84. The zero-order valence-corrected chi connectivity index (χ0v) is 15.8. The van der Waals surface area contributed by atoms with Crippen LogP contribution in [-0.4, -0.2) is 31.1 Å². The second kappa shape index (κ2) is 8.56. The van der Waals surface area contributed by atoms with E-state index in [1.165, 1.54) is 24.0 Å². The monoisotopic (exact) mass is 359 g/mol. The van der Waals surface area contributed by atoms with Gasteiger partial charge in [-0.2, -0.15) is 0 Å². The molecule has 0 saturated heterocycles. The molecular weight excluding hydrogens is 330 g/mol. The van der Waals surface area contributed by atoms with Crippen LogP contribution in [-0.2, 0) is 27.2 Å². The van der Waals surface area contributed by atoms with Gasteiger partial charge in [0.1, 0.15) is 5.75 Å². The van der Waals surface area contributed by atoms with Crippen LogP contribution in [0.5, 0.6) is 5.75 Å². The summed E-state index contributed by atoms with van der Waals surface area (Å²) in [7, 11) is 0. The number of ether oxygens (including phenoxy) is 2. The summed E-state index contributed by atoms with van der Waals surface area (Å²) in [5, 5.41) is 3.00. The molecule has 1 N–H and O–H groups in total. The highest BCUT2D eigenvalue weighted by molar-refractivity contribution is 5.81. The van der Waals surface area contributed by atoms with Gasteiger partial charge in [-0.1, -0.05) is 32.8 Å². The molecule has 5 nitrogen and oxygen atoms in total. The maximum atomic E-state index is 12.0. The molecule has 142 valence electrons. The van der Waals surface area contributed by atoms with E-state index in [1.54, 1.807) is 0 Å². The fourth-order valence-corrected chi connectivity index (χ4v) is 4.00. The Morgan fingerprint density at radius 3 is 2.73 bits per heavy atom. The summed E-state index contributed by atoms with van der Waals surface area (Å²) in [5.74, 6) is 0.980. The van der Waals surface area contributed by atoms with Crippen molar-refractivity contribution in [1.29, 1.82) is 0 Å². The van der Waals surface area contributed by atoms with Crippen LogP contribution < -0.4 is 10.1 Å². The third-order valence-corrected chi connectivity index (χ3v) is 5.84. The lowest BCUT2D eigenvalue weighted by Gasteiger charge is -2.34. The number of nitrogens with one attached hydrogen (secondary N) is 1. The van der Waals surface area contributed by atoms with Crippen molar-refractivity contribution in [2.45, 2.75) is 58.4 Å². The first-order chi connectivity index (χ1) is 12.5. The number of hydrogen-bond acceptors (Lipinski definition) is 4. The summed E-state index contributed by atoms with van der Waals surface area (Å²) in [4.78, 5) is 23.9. The van der Waals surface area contributed by atoms with E-state index in [4.69, 9.17) is 9.47 Å². The van der Waals surface area contributed by atoms with Gasteiger partial charge < -0.3 is 14.8 Å². The van der Waals surface area contributed by atoms with Gasteiger partial charge in [0.05, 0.1) is 0 Å². The standard InChI is InChI=1S/C21H29NO4/c1-14-5-3-8-19(15(14)2)22-20(23)12-26-21(24)13-25-18-10-9-16-6-4-7-17(16)11-18/h9-11,14-15,19H,3-8,12-13H2,1-2H3,(H,22,23)/t14-,15-,19+/m1/s1. The first kappa shape index (κ1) is 18.7. The van der Waals surface area contributed by atoms with Crippen LogP contribution in [0.2, 0.25) is 0 Å². The van der Waals surface area contributed by atoms with Crippen molar-refractivity contribution in [3.05, 3.63) is 29.3 Å². The zero-order chi connectivity index (χ0) is 18.5. The Balaban J connectivity index is 1.37. The van der Waals surface area contributed by atoms with Crippen molar-refractivity contribution in [2.75, 3.05) is 13.2 Å². The lowest BCUT2D eigenvalue weighted by molar-refractivity contribution is -0.150. The second-order valence-electron chi connectivity index (χ2n) is 7.67. The molecule has 3 atom stereocenters. The molecular formula is C21H29NO4. The van der Waals surface area contributed by atoms with E-state index in [-0.39, 0.29) is 25.2 Å². The number of carbonyl (C=O) groups is 2. The smallest absolute Gasteiger partial charge is 0.344 e. The van der Waals surface area contributed by atoms with Gasteiger partial charge in [-0.3, -0.25) is 4.79 Å². The molecule has 26 heavy (non-hydrogen) atoms. The van der Waals surface area contributed by atoms with E-state index < -0.39 is 5.97 Å². The normalized spacial score (nSPS) is 24.6. The molecule has 2 aliphatic rings. The number of hydrogen-bond donors (Lipinski definition) is 1. The highest BCUT2D eigenvalue weighted by atomic mass is 16.6. The van der Waals surface area contributed by atoms with Crippen LogP contribution in [0.1, 0.15) is 50.7 Å². The fraction of sp³-hybridized carbons (Fsp3) is 0.619. The summed E-state index contributed by atoms with van der Waals surface area (Å²) in [6, 6.07) is 6.11. The van der Waals surface area contributed by atoms with Crippen molar-refractivity contribution >= 4 is 11.9 Å². The number of esters is 1. The van der Waals surface area contributed by atoms with Crippen LogP contribution >= 0.6 is 0 Å². The number of carbonyl (C=O) groups excluding carboxylic acids is 2. The van der Waals surface area contributed by atoms with E-state index in [0.717, 1.165) is 25.7 Å². The minimum Gasteiger partial charge on any atom is -0.482 e. The fourth-order valence-electron chi connectivity index (χ4n) is 4.00. The Morgan fingerprint density at radius 1 is 1.08 bits per heavy atom. The zero-order valence-electron chi connectivity index (χ0n) is 15.8. The van der Waals surface area contributed by atoms with Crippen LogP contribution in [0.4, 0.5) is 0 Å². The molecule has 1 aromatic rings. The molecule has 0 heterocycles. The maximum absolute atomic E-state index is 12.0. The van der Waals surface area contributed by atoms with Crippen molar-refractivity contribution < 1.29 is 19.1 Å². The lowest BCUT2D eigenvalue weighted by atomic mass is 9.78. The minimum atomic E-state index is -0.522. The number of fused-ring (bicyclic) bond motifs is 1. The van der Waals surface area contributed by atoms with Gasteiger partial charge in [-0.25, -0.2) is 4.79 Å². The van der Waals surface area contributed by atoms with Gasteiger partial charge in [0.15, 0.2) is 13.2 Å². The Bertz CT molecular complexity index is 657. The SMILES string of the molecule is C[C@@H]1[C@H](C)CCC[C@@H]1NC(=O)COC(=O)COc1ccc2c(c1)CCC2. The van der Waals surface area contributed by atoms with Crippen molar-refractivity contribution in [3.8, 4) is 5.75 Å². The highest BCUT2D eigenvalue weighted by Gasteiger charge is 2.28. The van der Waals surface area contributed by atoms with E-state index >= 15 is 0 Å². The van der Waals surface area contributed by atoms with Gasteiger partial charge in [0.25, 0.3) is 5.91 Å². The van der Waals surface area contributed by atoms with Gasteiger partial charge in [-0.15, -0.1) is 0 Å². The highest BCUT2D eigenvalue weighted by Crippen LogP contribution is 2.29. The molecule has 3 rings (SSSR count). The van der Waals surface area contributed by atoms with Gasteiger partial charge in [0, 0.05) is 6.04 Å². The summed E-state index contributed by atoms with van der Waals surface area (Å²) in [6.07, 6.45) is 6.69. The average Bonchev–Trinajstić information content (AvgIpc) is 3.10. The van der Waals surface area contributed by atoms with Crippen LogP contribution in [0.25, 0.3) is 0 Å². The predicted octanol–water partition coefficient (Wildman–Crippen LogP) is 3.04. The van der Waals surface area contributed by atoms with E-state index in [9.17, 15) is 9.59 Å². The van der Waals surface area contributed by atoms with Crippen LogP contribution in [0.3, 0.4) is 0 Å². The van der Waals surface area contributed by atoms with Crippen molar-refractivity contribution in [1.82, 2.24) is 5.32 Å². The summed E-state index contributed by atoms with van der Waals surface area (Å²) >= 11 is 0. The Kier molecular flexibility index (Phi) is 6.17. The molecule has 0 aliphatic heterocycles. The predicted molar refractivity (Wildman–Crippen MR) is 99.0 cm³/mol. The molecule has 0 radical (unpaired) electrons. The average molecular weight is 359 g/mol. The number of benzene rings is 1. The number of amides is 1. The number of aryl methyl sites for hydroxylation is 2. The topological polar surface area (TPSA) is 64.6 Å². The molecule has 5 heteroatoms. The molecule has 0 aromatic heterocycles. The number of rotatable bonds is 6. The molecule has 0 bridgehead atoms. The van der Waals surface area contributed by atoms with Crippen LogP contribution in [0, 0.1) is 11.8 Å². The Labute approximate surface area is 155 Å². The Hall–Kier alpha value is -2.04. The van der Waals surface area contributed by atoms with Crippen molar-refractivity contribution in [2.24, 2.45) is 11.8 Å². The molecule has 1 aromatic carbocycles. The summed E-state index contributed by atoms with van der Waals surface area (Å²) in [6.45, 7) is 3.97. The Morgan fingerprint density at radius 2 is 1.88 bits per heavy atom. The molecule has 0 spiro atoms. The summed E-state index contributed by atoms with van der Waals surface area (Å²) in [5.41, 5.74) is 2.66. The molecule has 2 aliphatic carbocycles. The summed E-state index contributed by atoms with van der Waals surface area (Å²) < 4.78 is 10.5. The third kappa shape index (κ3) is 4.77. The van der Waals surface area contributed by atoms with E-state index in [2.05, 4.69) is 25.2 Å². The van der Waals surface area contributed by atoms with E-state index in [1.807, 2.05) is 12.1 Å². The molecule has 1 saturated carbocycles. The maximum Gasteiger partial charge on any atom is 0.344 e. The second-order valence-corrected chi connectivity index (χ2v) is 7.67. The largest absolute Gasteiger partial charge is 0.482 e. The van der Waals surface area contributed by atoms with Gasteiger partial charge >= 0.3 is 5.97 Å². The van der Waals surface area contributed by atoms with Crippen molar-refractivity contribution in [3.63, 3.8) is 0 Å². The molecule has 1 fully saturated rings. The van der Waals surface area contributed by atoms with E-state index in [0.29, 0.717) is 17.6 Å². The van der Waals surface area contributed by atoms with Gasteiger partial charge in [-0.05, 0) is 60.8 Å². The molecule has 1 amide bonds. The van der Waals surface area contributed by atoms with Crippen LogP contribution in [0.15, 0.2) is 18.2 Å². The quantitative estimate of drug-likeness (QED) is 0.793. The first-order valence-corrected chi connectivity index (χ1v) is 9.72. The molecule has 0 unspecified atom stereocenters.